The third kappa shape index (κ3) is 3.82. The highest BCUT2D eigenvalue weighted by Crippen LogP contribution is 2.20. The van der Waals surface area contributed by atoms with E-state index in [2.05, 4.69) is 0 Å². The van der Waals surface area contributed by atoms with Crippen molar-refractivity contribution in [1.82, 2.24) is 9.21 Å². The molecular weight excluding hydrogens is 376 g/mol. The standard InChI is InChI=1S/C18H15F2N3O3S/c19-16-5-4-15(11-17(16)20)27(25,26)23-8-6-22(7-9-23)18(24)14-3-1-2-13(10-14)12-21/h1-5,10-11H,6-9H2. The van der Waals surface area contributed by atoms with E-state index < -0.39 is 21.7 Å². The zero-order valence-electron chi connectivity index (χ0n) is 14.1. The molecule has 6 nitrogen and oxygen atoms in total. The molecule has 0 atom stereocenters. The third-order valence-electron chi connectivity index (χ3n) is 4.29. The second-order valence-electron chi connectivity index (χ2n) is 5.96. The number of hydrogen-bond donors (Lipinski definition) is 0. The number of sulfonamides is 1. The Morgan fingerprint density at radius 2 is 1.70 bits per heavy atom. The van der Waals surface area contributed by atoms with Crippen molar-refractivity contribution < 1.29 is 22.0 Å². The van der Waals surface area contributed by atoms with E-state index in [9.17, 15) is 22.0 Å². The fourth-order valence-electron chi connectivity index (χ4n) is 2.82. The van der Waals surface area contributed by atoms with Crippen molar-refractivity contribution in [2.24, 2.45) is 0 Å². The van der Waals surface area contributed by atoms with Gasteiger partial charge in [-0.1, -0.05) is 6.07 Å². The molecule has 0 unspecified atom stereocenters. The molecule has 0 bridgehead atoms. The van der Waals surface area contributed by atoms with Gasteiger partial charge in [-0.25, -0.2) is 17.2 Å². The van der Waals surface area contributed by atoms with Crippen LogP contribution in [0, 0.1) is 23.0 Å². The lowest BCUT2D eigenvalue weighted by atomic mass is 10.1. The molecule has 27 heavy (non-hydrogen) atoms. The number of nitriles is 1. The summed E-state index contributed by atoms with van der Waals surface area (Å²) in [5.74, 6) is -2.65. The number of carbonyl (C=O) groups excluding carboxylic acids is 1. The van der Waals surface area contributed by atoms with Gasteiger partial charge >= 0.3 is 0 Å². The van der Waals surface area contributed by atoms with Crippen LogP contribution in [0.2, 0.25) is 0 Å². The number of carbonyl (C=O) groups is 1. The van der Waals surface area contributed by atoms with Gasteiger partial charge in [0.1, 0.15) is 0 Å². The van der Waals surface area contributed by atoms with Crippen LogP contribution in [0.25, 0.3) is 0 Å². The summed E-state index contributed by atoms with van der Waals surface area (Å²) >= 11 is 0. The summed E-state index contributed by atoms with van der Waals surface area (Å²) in [5.41, 5.74) is 0.714. The Labute approximate surface area is 155 Å². The van der Waals surface area contributed by atoms with Crippen molar-refractivity contribution in [2.45, 2.75) is 4.90 Å². The molecule has 0 saturated carbocycles. The van der Waals surface area contributed by atoms with E-state index in [1.165, 1.54) is 11.0 Å². The lowest BCUT2D eigenvalue weighted by Gasteiger charge is -2.34. The fraction of sp³-hybridized carbons (Fsp3) is 0.222. The fourth-order valence-corrected chi connectivity index (χ4v) is 4.26. The van der Waals surface area contributed by atoms with Crippen LogP contribution in [0.5, 0.6) is 0 Å². The number of rotatable bonds is 3. The van der Waals surface area contributed by atoms with Crippen molar-refractivity contribution in [1.29, 1.82) is 5.26 Å². The van der Waals surface area contributed by atoms with Gasteiger partial charge in [0.25, 0.3) is 5.91 Å². The van der Waals surface area contributed by atoms with Crippen molar-refractivity contribution >= 4 is 15.9 Å². The van der Waals surface area contributed by atoms with Crippen LogP contribution in [-0.4, -0.2) is 49.7 Å². The van der Waals surface area contributed by atoms with Gasteiger partial charge in [0.2, 0.25) is 10.0 Å². The zero-order valence-corrected chi connectivity index (χ0v) is 14.9. The zero-order chi connectivity index (χ0) is 19.6. The lowest BCUT2D eigenvalue weighted by Crippen LogP contribution is -2.50. The van der Waals surface area contributed by atoms with Crippen LogP contribution < -0.4 is 0 Å². The van der Waals surface area contributed by atoms with E-state index in [4.69, 9.17) is 5.26 Å². The molecule has 1 aliphatic heterocycles. The minimum absolute atomic E-state index is 0.0327. The van der Waals surface area contributed by atoms with Crippen molar-refractivity contribution in [2.75, 3.05) is 26.2 Å². The first kappa shape index (κ1) is 18.9. The molecule has 1 heterocycles. The Morgan fingerprint density at radius 1 is 1.00 bits per heavy atom. The van der Waals surface area contributed by atoms with Gasteiger partial charge in [0, 0.05) is 31.7 Å². The third-order valence-corrected chi connectivity index (χ3v) is 6.19. The van der Waals surface area contributed by atoms with Crippen molar-refractivity contribution in [3.63, 3.8) is 0 Å². The van der Waals surface area contributed by atoms with Gasteiger partial charge in [0.15, 0.2) is 11.6 Å². The van der Waals surface area contributed by atoms with Gasteiger partial charge in [-0.15, -0.1) is 0 Å². The van der Waals surface area contributed by atoms with Gasteiger partial charge in [0.05, 0.1) is 16.5 Å². The van der Waals surface area contributed by atoms with Gasteiger partial charge < -0.3 is 4.90 Å². The molecule has 1 amide bonds. The summed E-state index contributed by atoms with van der Waals surface area (Å²) in [5, 5.41) is 8.92. The number of amides is 1. The van der Waals surface area contributed by atoms with Crippen LogP contribution in [0.1, 0.15) is 15.9 Å². The van der Waals surface area contributed by atoms with Gasteiger partial charge in [-0.2, -0.15) is 9.57 Å². The van der Waals surface area contributed by atoms with E-state index >= 15 is 0 Å². The minimum Gasteiger partial charge on any atom is -0.336 e. The van der Waals surface area contributed by atoms with E-state index in [0.29, 0.717) is 17.2 Å². The summed E-state index contributed by atoms with van der Waals surface area (Å²) in [4.78, 5) is 13.7. The predicted molar refractivity (Wildman–Crippen MR) is 92.2 cm³/mol. The maximum atomic E-state index is 13.4. The average Bonchev–Trinajstić information content (AvgIpc) is 2.69. The van der Waals surface area contributed by atoms with Crippen LogP contribution in [0.15, 0.2) is 47.4 Å². The molecule has 2 aromatic carbocycles. The smallest absolute Gasteiger partial charge is 0.253 e. The van der Waals surface area contributed by atoms with Crippen LogP contribution >= 0.6 is 0 Å². The normalized spacial score (nSPS) is 15.4. The average molecular weight is 391 g/mol. The molecule has 0 N–H and O–H groups in total. The summed E-state index contributed by atoms with van der Waals surface area (Å²) < 4.78 is 52.7. The first-order valence-electron chi connectivity index (χ1n) is 8.07. The lowest BCUT2D eigenvalue weighted by molar-refractivity contribution is 0.0698. The van der Waals surface area contributed by atoms with Crippen LogP contribution in [0.3, 0.4) is 0 Å². The van der Waals surface area contributed by atoms with Gasteiger partial charge in [-0.3, -0.25) is 4.79 Å². The Bertz CT molecular complexity index is 1030. The number of hydrogen-bond acceptors (Lipinski definition) is 4. The highest BCUT2D eigenvalue weighted by Gasteiger charge is 2.31. The quantitative estimate of drug-likeness (QED) is 0.801. The molecule has 3 rings (SSSR count). The molecule has 1 fully saturated rings. The Hall–Kier alpha value is -2.83. The largest absolute Gasteiger partial charge is 0.336 e. The number of piperazine rings is 1. The summed E-state index contributed by atoms with van der Waals surface area (Å²) in [6, 6.07) is 10.7. The second kappa shape index (κ2) is 7.42. The number of halogens is 2. The predicted octanol–water partition coefficient (Wildman–Crippen LogP) is 1.98. The second-order valence-corrected chi connectivity index (χ2v) is 7.90. The molecule has 2 aromatic rings. The molecule has 9 heteroatoms. The molecule has 0 aliphatic carbocycles. The van der Waals surface area contributed by atoms with Gasteiger partial charge in [-0.05, 0) is 36.4 Å². The number of benzene rings is 2. The van der Waals surface area contributed by atoms with E-state index in [1.54, 1.807) is 18.2 Å². The summed E-state index contributed by atoms with van der Waals surface area (Å²) in [6.45, 7) is 0.368. The van der Waals surface area contributed by atoms with E-state index in [1.807, 2.05) is 6.07 Å². The molecule has 0 spiro atoms. The van der Waals surface area contributed by atoms with E-state index in [-0.39, 0.29) is 37.0 Å². The Balaban J connectivity index is 1.71. The molecule has 140 valence electrons. The molecule has 1 aliphatic rings. The Kier molecular flexibility index (Phi) is 5.21. The molecule has 1 saturated heterocycles. The first-order chi connectivity index (χ1) is 12.8. The van der Waals surface area contributed by atoms with Crippen molar-refractivity contribution in [3.8, 4) is 6.07 Å². The number of nitrogens with zero attached hydrogens (tertiary/aromatic N) is 3. The van der Waals surface area contributed by atoms with Crippen LogP contribution in [-0.2, 0) is 10.0 Å². The molecular formula is C18H15F2N3O3S. The maximum absolute atomic E-state index is 13.4. The summed E-state index contributed by atoms with van der Waals surface area (Å²) in [7, 11) is -3.98. The Morgan fingerprint density at radius 3 is 2.33 bits per heavy atom. The maximum Gasteiger partial charge on any atom is 0.253 e. The topological polar surface area (TPSA) is 81.5 Å². The first-order valence-corrected chi connectivity index (χ1v) is 9.51. The summed E-state index contributed by atoms with van der Waals surface area (Å²) in [6.07, 6.45) is 0. The van der Waals surface area contributed by atoms with E-state index in [0.717, 1.165) is 16.4 Å². The monoisotopic (exact) mass is 391 g/mol. The minimum atomic E-state index is -3.98. The van der Waals surface area contributed by atoms with Crippen LogP contribution in [0.4, 0.5) is 8.78 Å². The van der Waals surface area contributed by atoms with Crippen molar-refractivity contribution in [3.05, 3.63) is 65.2 Å². The molecule has 0 aromatic heterocycles. The highest BCUT2D eigenvalue weighted by atomic mass is 32.2. The molecule has 0 radical (unpaired) electrons. The SMILES string of the molecule is N#Cc1cccc(C(=O)N2CCN(S(=O)(=O)c3ccc(F)c(F)c3)CC2)c1. The highest BCUT2D eigenvalue weighted by molar-refractivity contribution is 7.89.